The third-order valence-corrected chi connectivity index (χ3v) is 5.16. The van der Waals surface area contributed by atoms with Gasteiger partial charge in [-0.25, -0.2) is 4.98 Å². The molecule has 0 spiro atoms. The fourth-order valence-corrected chi connectivity index (χ4v) is 3.41. The minimum Gasteiger partial charge on any atom is -0.395 e. The zero-order valence-electron chi connectivity index (χ0n) is 18.3. The highest BCUT2D eigenvalue weighted by atomic mass is 35.5. The van der Waals surface area contributed by atoms with Gasteiger partial charge in [-0.3, -0.25) is 19.9 Å². The predicted molar refractivity (Wildman–Crippen MR) is 132 cm³/mol. The third kappa shape index (κ3) is 6.53. The number of aliphatic hydroxyl groups excluding tert-OH is 1. The molecule has 6 N–H and O–H groups in total. The van der Waals surface area contributed by atoms with Gasteiger partial charge in [0.1, 0.15) is 11.7 Å². The minimum absolute atomic E-state index is 0.0908. The van der Waals surface area contributed by atoms with Crippen LogP contribution in [0.3, 0.4) is 0 Å². The first kappa shape index (κ1) is 24.7. The molecule has 0 saturated carbocycles. The topological polar surface area (TPSA) is 144 Å². The maximum Gasteiger partial charge on any atom is 0.251 e. The average Bonchev–Trinajstić information content (AvgIpc) is 2.85. The van der Waals surface area contributed by atoms with Crippen LogP contribution in [-0.4, -0.2) is 47.4 Å². The van der Waals surface area contributed by atoms with E-state index in [2.05, 4.69) is 15.6 Å². The second-order valence-electron chi connectivity index (χ2n) is 7.29. The first-order valence-corrected chi connectivity index (χ1v) is 10.8. The van der Waals surface area contributed by atoms with Gasteiger partial charge < -0.3 is 21.5 Å². The standard InChI is InChI=1S/C24H25ClN6O3/c25-19-5-3-4-17(12-19)24(34)30-14-18-8-7-16(23(26)27)13-20(18)29-15-22(33)31(10-11-32)21-6-1-2-9-28-21/h1-9,12-13,29,32H,10-11,14-15H2,(H3,26,27)(H,30,34). The number of amides is 2. The third-order valence-electron chi connectivity index (χ3n) is 4.93. The number of hydrogen-bond acceptors (Lipinski definition) is 6. The lowest BCUT2D eigenvalue weighted by atomic mass is 10.1. The molecule has 2 amide bonds. The highest BCUT2D eigenvalue weighted by Gasteiger charge is 2.17. The lowest BCUT2D eigenvalue weighted by Crippen LogP contribution is -2.38. The van der Waals surface area contributed by atoms with Gasteiger partial charge in [0.15, 0.2) is 0 Å². The number of benzene rings is 2. The van der Waals surface area contributed by atoms with Crippen molar-refractivity contribution in [1.29, 1.82) is 5.41 Å². The first-order valence-electron chi connectivity index (χ1n) is 10.5. The number of hydrogen-bond donors (Lipinski definition) is 5. The predicted octanol–water partition coefficient (Wildman–Crippen LogP) is 2.39. The fraction of sp³-hybridized carbons (Fsp3) is 0.167. The summed E-state index contributed by atoms with van der Waals surface area (Å²) >= 11 is 5.96. The summed E-state index contributed by atoms with van der Waals surface area (Å²) in [6, 6.07) is 16.8. The normalized spacial score (nSPS) is 10.4. The van der Waals surface area contributed by atoms with Crippen LogP contribution >= 0.6 is 11.6 Å². The van der Waals surface area contributed by atoms with Crippen LogP contribution in [0, 0.1) is 5.41 Å². The molecular weight excluding hydrogens is 456 g/mol. The van der Waals surface area contributed by atoms with Crippen molar-refractivity contribution < 1.29 is 14.7 Å². The molecule has 1 heterocycles. The lowest BCUT2D eigenvalue weighted by molar-refractivity contribution is -0.117. The zero-order valence-corrected chi connectivity index (χ0v) is 19.0. The van der Waals surface area contributed by atoms with Crippen LogP contribution in [0.2, 0.25) is 5.02 Å². The number of carbonyl (C=O) groups is 2. The van der Waals surface area contributed by atoms with E-state index < -0.39 is 0 Å². The molecule has 0 aliphatic carbocycles. The smallest absolute Gasteiger partial charge is 0.251 e. The average molecular weight is 481 g/mol. The number of nitrogens with zero attached hydrogens (tertiary/aromatic N) is 2. The number of nitrogens with one attached hydrogen (secondary N) is 3. The molecule has 0 atom stereocenters. The Labute approximate surface area is 202 Å². The largest absolute Gasteiger partial charge is 0.395 e. The quantitative estimate of drug-likeness (QED) is 0.222. The van der Waals surface area contributed by atoms with E-state index >= 15 is 0 Å². The van der Waals surface area contributed by atoms with Gasteiger partial charge >= 0.3 is 0 Å². The summed E-state index contributed by atoms with van der Waals surface area (Å²) in [6.45, 7) is -0.0652. The van der Waals surface area contributed by atoms with E-state index in [0.29, 0.717) is 33.2 Å². The second kappa shape index (κ2) is 11.8. The van der Waals surface area contributed by atoms with E-state index in [4.69, 9.17) is 22.7 Å². The number of halogens is 1. The molecule has 10 heteroatoms. The molecule has 0 saturated heterocycles. The molecule has 34 heavy (non-hydrogen) atoms. The van der Waals surface area contributed by atoms with Crippen molar-refractivity contribution in [2.45, 2.75) is 6.54 Å². The Balaban J connectivity index is 1.75. The maximum atomic E-state index is 12.9. The van der Waals surface area contributed by atoms with Crippen LogP contribution in [0.1, 0.15) is 21.5 Å². The van der Waals surface area contributed by atoms with Gasteiger partial charge in [-0.05, 0) is 42.0 Å². The van der Waals surface area contributed by atoms with Gasteiger partial charge in [0.25, 0.3) is 5.91 Å². The van der Waals surface area contributed by atoms with Gasteiger partial charge in [0.05, 0.1) is 19.7 Å². The Morgan fingerprint density at radius 2 is 1.91 bits per heavy atom. The van der Waals surface area contributed by atoms with Crippen molar-refractivity contribution >= 4 is 40.8 Å². The molecule has 3 rings (SSSR count). The molecule has 176 valence electrons. The van der Waals surface area contributed by atoms with Crippen LogP contribution in [0.25, 0.3) is 0 Å². The second-order valence-corrected chi connectivity index (χ2v) is 7.73. The van der Waals surface area contributed by atoms with Crippen LogP contribution in [0.5, 0.6) is 0 Å². The molecule has 9 nitrogen and oxygen atoms in total. The Hall–Kier alpha value is -3.95. The SMILES string of the molecule is N=C(N)c1ccc(CNC(=O)c2cccc(Cl)c2)c(NCC(=O)N(CCO)c2ccccn2)c1. The van der Waals surface area contributed by atoms with Gasteiger partial charge in [0.2, 0.25) is 5.91 Å². The van der Waals surface area contributed by atoms with E-state index in [0.717, 1.165) is 0 Å². The highest BCUT2D eigenvalue weighted by Crippen LogP contribution is 2.19. The summed E-state index contributed by atoms with van der Waals surface area (Å²) in [4.78, 5) is 30.9. The van der Waals surface area contributed by atoms with Gasteiger partial charge in [-0.1, -0.05) is 35.9 Å². The molecule has 0 bridgehead atoms. The molecule has 0 aliphatic heterocycles. The molecule has 0 aliphatic rings. The molecule has 0 radical (unpaired) electrons. The Kier molecular flexibility index (Phi) is 8.55. The van der Waals surface area contributed by atoms with Crippen molar-refractivity contribution in [2.75, 3.05) is 29.9 Å². The van der Waals surface area contributed by atoms with Crippen molar-refractivity contribution in [3.8, 4) is 0 Å². The number of anilines is 2. The minimum atomic E-state index is -0.310. The number of nitrogens with two attached hydrogens (primary N) is 1. The summed E-state index contributed by atoms with van der Waals surface area (Å²) in [7, 11) is 0. The summed E-state index contributed by atoms with van der Waals surface area (Å²) in [5.41, 5.74) is 7.75. The van der Waals surface area contributed by atoms with E-state index in [1.807, 2.05) is 0 Å². The van der Waals surface area contributed by atoms with Crippen molar-refractivity contribution in [3.63, 3.8) is 0 Å². The number of carbonyl (C=O) groups excluding carboxylic acids is 2. The number of nitrogen functional groups attached to an aromatic ring is 1. The van der Waals surface area contributed by atoms with Crippen LogP contribution < -0.4 is 21.3 Å². The Morgan fingerprint density at radius 3 is 2.59 bits per heavy atom. The summed E-state index contributed by atoms with van der Waals surface area (Å²) in [5, 5.41) is 23.4. The fourth-order valence-electron chi connectivity index (χ4n) is 3.22. The monoisotopic (exact) mass is 480 g/mol. The highest BCUT2D eigenvalue weighted by molar-refractivity contribution is 6.30. The molecular formula is C24H25ClN6O3. The van der Waals surface area contributed by atoms with E-state index in [9.17, 15) is 14.7 Å². The van der Waals surface area contributed by atoms with Crippen molar-refractivity contribution in [3.05, 3.63) is 88.6 Å². The van der Waals surface area contributed by atoms with Gasteiger partial charge in [-0.15, -0.1) is 0 Å². The van der Waals surface area contributed by atoms with Gasteiger partial charge in [0, 0.05) is 34.6 Å². The van der Waals surface area contributed by atoms with E-state index in [1.54, 1.807) is 66.9 Å². The zero-order chi connectivity index (χ0) is 24.5. The van der Waals surface area contributed by atoms with Crippen molar-refractivity contribution in [2.24, 2.45) is 5.73 Å². The molecule has 0 fully saturated rings. The van der Waals surface area contributed by atoms with Crippen molar-refractivity contribution in [1.82, 2.24) is 10.3 Å². The van der Waals surface area contributed by atoms with E-state index in [1.165, 1.54) is 4.90 Å². The Bertz CT molecular complexity index is 1170. The lowest BCUT2D eigenvalue weighted by Gasteiger charge is -2.22. The molecule has 3 aromatic rings. The van der Waals surface area contributed by atoms with Crippen LogP contribution in [0.4, 0.5) is 11.5 Å². The Morgan fingerprint density at radius 1 is 1.09 bits per heavy atom. The first-order chi connectivity index (χ1) is 16.4. The number of aromatic nitrogens is 1. The number of pyridine rings is 1. The summed E-state index contributed by atoms with van der Waals surface area (Å²) in [5.74, 6) is -0.312. The summed E-state index contributed by atoms with van der Waals surface area (Å²) < 4.78 is 0. The van der Waals surface area contributed by atoms with Crippen LogP contribution in [0.15, 0.2) is 66.9 Å². The molecule has 2 aromatic carbocycles. The number of rotatable bonds is 10. The number of aliphatic hydroxyl groups is 1. The van der Waals surface area contributed by atoms with Gasteiger partial charge in [-0.2, -0.15) is 0 Å². The molecule has 0 unspecified atom stereocenters. The van der Waals surface area contributed by atoms with E-state index in [-0.39, 0.29) is 43.9 Å². The molecule has 1 aromatic heterocycles. The van der Waals surface area contributed by atoms with Crippen LogP contribution in [-0.2, 0) is 11.3 Å². The maximum absolute atomic E-state index is 12.9. The number of amidine groups is 1. The summed E-state index contributed by atoms with van der Waals surface area (Å²) in [6.07, 6.45) is 1.57.